The van der Waals surface area contributed by atoms with Crippen molar-refractivity contribution in [2.24, 2.45) is 5.73 Å². The van der Waals surface area contributed by atoms with Crippen LogP contribution in [0.5, 0.6) is 0 Å². The highest BCUT2D eigenvalue weighted by molar-refractivity contribution is 7.98. The molecule has 0 radical (unpaired) electrons. The highest BCUT2D eigenvalue weighted by Crippen LogP contribution is 2.17. The second-order valence-electron chi connectivity index (χ2n) is 3.84. The maximum absolute atomic E-state index is 5.87. The van der Waals surface area contributed by atoms with Gasteiger partial charge in [-0.25, -0.2) is 4.98 Å². The van der Waals surface area contributed by atoms with Gasteiger partial charge in [-0.3, -0.25) is 0 Å². The minimum Gasteiger partial charge on any atom is -0.325 e. The molecule has 1 aromatic rings. The van der Waals surface area contributed by atoms with E-state index in [1.54, 1.807) is 11.3 Å². The van der Waals surface area contributed by atoms with Gasteiger partial charge in [0.25, 0.3) is 0 Å². The van der Waals surface area contributed by atoms with Gasteiger partial charge in [0, 0.05) is 22.4 Å². The predicted octanol–water partition coefficient (Wildman–Crippen LogP) is 2.42. The van der Waals surface area contributed by atoms with E-state index in [1.807, 2.05) is 32.5 Å². The van der Waals surface area contributed by atoms with Gasteiger partial charge in [0.1, 0.15) is 0 Å². The highest BCUT2D eigenvalue weighted by atomic mass is 32.2. The molecule has 1 heterocycles. The van der Waals surface area contributed by atoms with Gasteiger partial charge in [0.05, 0.1) is 10.7 Å². The van der Waals surface area contributed by atoms with Crippen molar-refractivity contribution in [2.45, 2.75) is 32.1 Å². The number of hydrogen-bond acceptors (Lipinski definition) is 4. The van der Waals surface area contributed by atoms with E-state index in [0.29, 0.717) is 0 Å². The number of hydrogen-bond donors (Lipinski definition) is 1. The molecule has 0 bridgehead atoms. The first-order valence-corrected chi connectivity index (χ1v) is 6.28. The Morgan fingerprint density at radius 1 is 1.62 bits per heavy atom. The monoisotopic (exact) mass is 216 g/mol. The minimum atomic E-state index is -0.0737. The average Bonchev–Trinajstić information content (AvgIpc) is 2.33. The Balaban J connectivity index is 2.28. The molecule has 0 aromatic carbocycles. The number of thioether (sulfide) groups is 1. The van der Waals surface area contributed by atoms with Crippen LogP contribution in [0.25, 0.3) is 0 Å². The van der Waals surface area contributed by atoms with Crippen molar-refractivity contribution < 1.29 is 0 Å². The normalized spacial score (nSPS) is 12.0. The van der Waals surface area contributed by atoms with Crippen LogP contribution in [0.4, 0.5) is 0 Å². The van der Waals surface area contributed by atoms with E-state index < -0.39 is 0 Å². The van der Waals surface area contributed by atoms with Gasteiger partial charge < -0.3 is 5.73 Å². The summed E-state index contributed by atoms with van der Waals surface area (Å²) in [6, 6.07) is 0. The van der Waals surface area contributed by atoms with Crippen molar-refractivity contribution in [1.82, 2.24) is 4.98 Å². The molecule has 0 atom stereocenters. The van der Waals surface area contributed by atoms with Crippen molar-refractivity contribution in [3.8, 4) is 0 Å². The van der Waals surface area contributed by atoms with Crippen LogP contribution in [0.1, 0.15) is 24.5 Å². The Morgan fingerprint density at radius 2 is 2.31 bits per heavy atom. The molecule has 0 fully saturated rings. The molecule has 0 unspecified atom stereocenters. The number of nitrogens with zero attached hydrogens (tertiary/aromatic N) is 1. The van der Waals surface area contributed by atoms with E-state index in [9.17, 15) is 0 Å². The molecule has 0 spiro atoms. The molecule has 0 aliphatic rings. The summed E-state index contributed by atoms with van der Waals surface area (Å²) in [5.74, 6) is 1.95. The van der Waals surface area contributed by atoms with Crippen LogP contribution >= 0.6 is 23.1 Å². The van der Waals surface area contributed by atoms with Gasteiger partial charge in [-0.15, -0.1) is 11.3 Å². The van der Waals surface area contributed by atoms with Gasteiger partial charge in [-0.1, -0.05) is 0 Å². The average molecular weight is 216 g/mol. The van der Waals surface area contributed by atoms with Crippen LogP contribution < -0.4 is 5.73 Å². The number of aryl methyl sites for hydroxylation is 1. The lowest BCUT2D eigenvalue weighted by atomic mass is 10.1. The zero-order valence-electron chi connectivity index (χ0n) is 8.33. The quantitative estimate of drug-likeness (QED) is 0.840. The van der Waals surface area contributed by atoms with Crippen LogP contribution in [-0.4, -0.2) is 16.3 Å². The lowest BCUT2D eigenvalue weighted by molar-refractivity contribution is 0.591. The summed E-state index contributed by atoms with van der Waals surface area (Å²) in [4.78, 5) is 4.39. The second kappa shape index (κ2) is 4.44. The molecule has 13 heavy (non-hydrogen) atoms. The summed E-state index contributed by atoms with van der Waals surface area (Å²) in [5, 5.41) is 3.26. The summed E-state index contributed by atoms with van der Waals surface area (Å²) < 4.78 is 0. The zero-order chi connectivity index (χ0) is 9.90. The van der Waals surface area contributed by atoms with Crippen LogP contribution in [0.15, 0.2) is 5.38 Å². The van der Waals surface area contributed by atoms with Gasteiger partial charge in [-0.05, 0) is 20.8 Å². The Bertz CT molecular complexity index is 263. The highest BCUT2D eigenvalue weighted by Gasteiger charge is 2.10. The lowest BCUT2D eigenvalue weighted by Crippen LogP contribution is -2.34. The van der Waals surface area contributed by atoms with E-state index in [1.165, 1.54) is 5.69 Å². The molecular weight excluding hydrogens is 200 g/mol. The van der Waals surface area contributed by atoms with Crippen molar-refractivity contribution in [3.05, 3.63) is 16.1 Å². The maximum atomic E-state index is 5.87. The molecule has 0 amide bonds. The van der Waals surface area contributed by atoms with E-state index in [2.05, 4.69) is 10.4 Å². The molecule has 2 nitrogen and oxygen atoms in total. The fourth-order valence-electron chi connectivity index (χ4n) is 0.893. The molecular formula is C9H16N2S2. The van der Waals surface area contributed by atoms with Crippen molar-refractivity contribution in [3.63, 3.8) is 0 Å². The van der Waals surface area contributed by atoms with Crippen LogP contribution in [-0.2, 0) is 5.75 Å². The summed E-state index contributed by atoms with van der Waals surface area (Å²) in [6.45, 7) is 6.13. The molecule has 0 saturated heterocycles. The topological polar surface area (TPSA) is 38.9 Å². The first-order valence-electron chi connectivity index (χ1n) is 4.25. The van der Waals surface area contributed by atoms with Gasteiger partial charge in [0.2, 0.25) is 0 Å². The van der Waals surface area contributed by atoms with Crippen molar-refractivity contribution in [1.29, 1.82) is 0 Å². The maximum Gasteiger partial charge on any atom is 0.0897 e. The molecule has 1 aromatic heterocycles. The summed E-state index contributed by atoms with van der Waals surface area (Å²) in [5.41, 5.74) is 6.97. The molecule has 74 valence electrons. The number of nitrogens with two attached hydrogens (primary N) is 1. The Hall–Kier alpha value is -0.0600. The van der Waals surface area contributed by atoms with E-state index in [-0.39, 0.29) is 5.54 Å². The van der Waals surface area contributed by atoms with E-state index in [4.69, 9.17) is 5.73 Å². The summed E-state index contributed by atoms with van der Waals surface area (Å²) >= 11 is 3.55. The van der Waals surface area contributed by atoms with Crippen LogP contribution in [0.3, 0.4) is 0 Å². The third kappa shape index (κ3) is 4.64. The molecule has 2 N–H and O–H groups in total. The van der Waals surface area contributed by atoms with Crippen molar-refractivity contribution in [2.75, 3.05) is 5.75 Å². The van der Waals surface area contributed by atoms with Gasteiger partial charge in [-0.2, -0.15) is 11.8 Å². The smallest absolute Gasteiger partial charge is 0.0897 e. The van der Waals surface area contributed by atoms with Crippen LogP contribution in [0.2, 0.25) is 0 Å². The fourth-order valence-corrected chi connectivity index (χ4v) is 2.60. The summed E-state index contributed by atoms with van der Waals surface area (Å²) in [6.07, 6.45) is 0. The molecule has 0 aliphatic heterocycles. The van der Waals surface area contributed by atoms with Gasteiger partial charge in [0.15, 0.2) is 0 Å². The third-order valence-electron chi connectivity index (χ3n) is 1.39. The Labute approximate surface area is 87.9 Å². The third-order valence-corrected chi connectivity index (χ3v) is 3.66. The Morgan fingerprint density at radius 3 is 2.77 bits per heavy atom. The lowest BCUT2D eigenvalue weighted by Gasteiger charge is -2.16. The minimum absolute atomic E-state index is 0.0737. The number of aromatic nitrogens is 1. The van der Waals surface area contributed by atoms with E-state index in [0.717, 1.165) is 16.5 Å². The predicted molar refractivity (Wildman–Crippen MR) is 61.3 cm³/mol. The molecule has 1 rings (SSSR count). The first-order chi connectivity index (χ1) is 5.97. The standard InChI is InChI=1S/C9H16N2S2/c1-7-11-8(5-13-7)4-12-6-9(2,3)10/h5H,4,6,10H2,1-3H3. The van der Waals surface area contributed by atoms with E-state index >= 15 is 0 Å². The second-order valence-corrected chi connectivity index (χ2v) is 5.89. The fraction of sp³-hybridized carbons (Fsp3) is 0.667. The molecule has 0 aliphatic carbocycles. The number of thiazole rings is 1. The first kappa shape index (κ1) is 11.0. The Kier molecular flexibility index (Phi) is 3.76. The largest absolute Gasteiger partial charge is 0.325 e. The SMILES string of the molecule is Cc1nc(CSCC(C)(C)N)cs1. The summed E-state index contributed by atoms with van der Waals surface area (Å²) in [7, 11) is 0. The molecule has 0 saturated carbocycles. The zero-order valence-corrected chi connectivity index (χ0v) is 9.97. The number of rotatable bonds is 4. The van der Waals surface area contributed by atoms with Crippen molar-refractivity contribution >= 4 is 23.1 Å². The van der Waals surface area contributed by atoms with Gasteiger partial charge >= 0.3 is 0 Å². The van der Waals surface area contributed by atoms with Crippen LogP contribution in [0, 0.1) is 6.92 Å². The molecule has 4 heteroatoms.